The molecule has 1 fully saturated rings. The number of amides is 1. The number of H-pyrrole nitrogens is 1. The van der Waals surface area contributed by atoms with E-state index in [1.54, 1.807) is 14.2 Å². The van der Waals surface area contributed by atoms with Crippen molar-refractivity contribution in [2.45, 2.75) is 25.9 Å². The highest BCUT2D eigenvalue weighted by Gasteiger charge is 2.26. The van der Waals surface area contributed by atoms with Crippen molar-refractivity contribution >= 4 is 22.7 Å². The Morgan fingerprint density at radius 2 is 1.96 bits per heavy atom. The van der Waals surface area contributed by atoms with Crippen LogP contribution in [0.15, 0.2) is 18.3 Å². The van der Waals surface area contributed by atoms with E-state index in [1.165, 1.54) is 0 Å². The van der Waals surface area contributed by atoms with Gasteiger partial charge in [-0.05, 0) is 19.1 Å². The molecule has 3 rings (SSSR count). The Bertz CT molecular complexity index is 775. The van der Waals surface area contributed by atoms with Gasteiger partial charge < -0.3 is 24.4 Å². The first-order chi connectivity index (χ1) is 12.7. The van der Waals surface area contributed by atoms with Crippen LogP contribution in [-0.4, -0.2) is 51.1 Å². The summed E-state index contributed by atoms with van der Waals surface area (Å²) in [5, 5.41) is 12.1. The largest absolute Gasteiger partial charge is 0.493 e. The van der Waals surface area contributed by atoms with Gasteiger partial charge in [0.15, 0.2) is 11.5 Å². The second-order valence-corrected chi connectivity index (χ2v) is 6.13. The van der Waals surface area contributed by atoms with E-state index in [2.05, 4.69) is 20.4 Å². The smallest absolute Gasteiger partial charge is 0.407 e. The summed E-state index contributed by atoms with van der Waals surface area (Å²) in [4.78, 5) is 13.8. The van der Waals surface area contributed by atoms with Gasteiger partial charge in [-0.25, -0.2) is 4.79 Å². The number of ether oxygens (including phenoxy) is 3. The molecule has 1 amide bonds. The fourth-order valence-electron chi connectivity index (χ4n) is 3.19. The van der Waals surface area contributed by atoms with Gasteiger partial charge in [0, 0.05) is 43.0 Å². The standard InChI is InChI=1S/C18H24N4O4/c1-4-19-18(23)26-13-5-7-22(8-6-13)17-14-10-16(25-3)15(24-2)9-12(14)11-20-21-17/h9-11,13H,4-8H2,1-3H3,(H,19,23)/p+1. The molecule has 0 unspecified atom stereocenters. The maximum atomic E-state index is 11.6. The molecule has 0 spiro atoms. The minimum absolute atomic E-state index is 0.0635. The van der Waals surface area contributed by atoms with Gasteiger partial charge in [-0.2, -0.15) is 0 Å². The fourth-order valence-corrected chi connectivity index (χ4v) is 3.19. The van der Waals surface area contributed by atoms with Crippen molar-refractivity contribution in [3.05, 3.63) is 18.3 Å². The van der Waals surface area contributed by atoms with Gasteiger partial charge in [-0.3, -0.25) is 0 Å². The molecule has 1 aliphatic heterocycles. The lowest BCUT2D eigenvalue weighted by Crippen LogP contribution is -2.40. The lowest BCUT2D eigenvalue weighted by Gasteiger charge is -2.31. The summed E-state index contributed by atoms with van der Waals surface area (Å²) in [6.45, 7) is 3.96. The van der Waals surface area contributed by atoms with Crippen molar-refractivity contribution in [3.63, 3.8) is 0 Å². The number of aromatic amines is 1. The molecule has 8 heteroatoms. The van der Waals surface area contributed by atoms with Crippen LogP contribution in [0.2, 0.25) is 0 Å². The molecule has 8 nitrogen and oxygen atoms in total. The highest BCUT2D eigenvalue weighted by Crippen LogP contribution is 2.35. The molecule has 0 radical (unpaired) electrons. The quantitative estimate of drug-likeness (QED) is 0.874. The molecule has 1 aromatic carbocycles. The molecule has 0 saturated carbocycles. The number of alkyl carbamates (subject to hydrolysis) is 1. The van der Waals surface area contributed by atoms with Crippen LogP contribution in [0, 0.1) is 0 Å². The number of methoxy groups -OCH3 is 2. The number of rotatable bonds is 5. The Hall–Kier alpha value is -2.77. The van der Waals surface area contributed by atoms with Crippen molar-refractivity contribution in [2.75, 3.05) is 38.8 Å². The molecule has 140 valence electrons. The van der Waals surface area contributed by atoms with E-state index >= 15 is 0 Å². The Balaban J connectivity index is 1.78. The van der Waals surface area contributed by atoms with E-state index in [1.807, 2.05) is 25.3 Å². The van der Waals surface area contributed by atoms with Crippen LogP contribution in [-0.2, 0) is 4.74 Å². The van der Waals surface area contributed by atoms with Crippen molar-refractivity contribution in [1.82, 2.24) is 10.4 Å². The molecule has 2 N–H and O–H groups in total. The zero-order valence-corrected chi connectivity index (χ0v) is 15.4. The zero-order chi connectivity index (χ0) is 18.5. The predicted molar refractivity (Wildman–Crippen MR) is 96.8 cm³/mol. The van der Waals surface area contributed by atoms with Gasteiger partial charge in [-0.15, -0.1) is 5.10 Å². The molecule has 0 atom stereocenters. The van der Waals surface area contributed by atoms with Crippen molar-refractivity contribution < 1.29 is 24.1 Å². The molecule has 2 heterocycles. The number of carbonyl (C=O) groups is 1. The summed E-state index contributed by atoms with van der Waals surface area (Å²) in [7, 11) is 3.24. The van der Waals surface area contributed by atoms with E-state index in [4.69, 9.17) is 14.2 Å². The molecule has 0 aliphatic carbocycles. The number of nitrogens with one attached hydrogen (secondary N) is 2. The summed E-state index contributed by atoms with van der Waals surface area (Å²) in [5.41, 5.74) is 0. The number of benzene rings is 1. The SMILES string of the molecule is CCNC(=O)OC1CCN(c2n[nH+]cc3cc(OC)c(OC)cc23)CC1. The Labute approximate surface area is 152 Å². The number of carbonyl (C=O) groups excluding carboxylic acids is 1. The number of hydrogen-bond donors (Lipinski definition) is 1. The summed E-state index contributed by atoms with van der Waals surface area (Å²) in [5.74, 6) is 2.21. The average Bonchev–Trinajstić information content (AvgIpc) is 2.67. The van der Waals surface area contributed by atoms with E-state index in [-0.39, 0.29) is 12.2 Å². The van der Waals surface area contributed by atoms with Gasteiger partial charge in [0.05, 0.1) is 19.6 Å². The monoisotopic (exact) mass is 361 g/mol. The van der Waals surface area contributed by atoms with Crippen molar-refractivity contribution in [3.8, 4) is 11.5 Å². The summed E-state index contributed by atoms with van der Waals surface area (Å²) in [6, 6.07) is 3.88. The van der Waals surface area contributed by atoms with Gasteiger partial charge in [0.2, 0.25) is 12.0 Å². The molecule has 2 aromatic rings. The second kappa shape index (κ2) is 8.07. The lowest BCUT2D eigenvalue weighted by atomic mass is 10.1. The summed E-state index contributed by atoms with van der Waals surface area (Å²) < 4.78 is 16.2. The predicted octanol–water partition coefficient (Wildman–Crippen LogP) is 1.78. The topological polar surface area (TPSA) is 87.1 Å². The lowest BCUT2D eigenvalue weighted by molar-refractivity contribution is -0.451. The molecule has 1 saturated heterocycles. The molecule has 0 bridgehead atoms. The summed E-state index contributed by atoms with van der Waals surface area (Å²) in [6.07, 6.45) is 2.96. The van der Waals surface area contributed by atoms with E-state index in [9.17, 15) is 4.79 Å². The number of fused-ring (bicyclic) bond motifs is 1. The number of hydrogen-bond acceptors (Lipinski definition) is 6. The molecule has 1 aromatic heterocycles. The Morgan fingerprint density at radius 1 is 1.27 bits per heavy atom. The number of piperidine rings is 1. The first-order valence-electron chi connectivity index (χ1n) is 8.78. The van der Waals surface area contributed by atoms with Crippen molar-refractivity contribution in [1.29, 1.82) is 0 Å². The van der Waals surface area contributed by atoms with E-state index in [0.717, 1.165) is 42.5 Å². The van der Waals surface area contributed by atoms with Crippen LogP contribution in [0.5, 0.6) is 11.5 Å². The maximum absolute atomic E-state index is 11.6. The fraction of sp³-hybridized carbons (Fsp3) is 0.500. The van der Waals surface area contributed by atoms with Gasteiger partial charge in [0.25, 0.3) is 0 Å². The van der Waals surface area contributed by atoms with Crippen LogP contribution < -0.4 is 24.8 Å². The van der Waals surface area contributed by atoms with Gasteiger partial charge in [-0.1, -0.05) is 0 Å². The second-order valence-electron chi connectivity index (χ2n) is 6.13. The van der Waals surface area contributed by atoms with Gasteiger partial charge >= 0.3 is 6.09 Å². The van der Waals surface area contributed by atoms with Crippen molar-refractivity contribution in [2.24, 2.45) is 0 Å². The first kappa shape index (κ1) is 18.0. The molecular weight excluding hydrogens is 336 g/mol. The molecular formula is C18H25N4O4+. The highest BCUT2D eigenvalue weighted by atomic mass is 16.6. The third kappa shape index (κ3) is 3.74. The van der Waals surface area contributed by atoms with E-state index < -0.39 is 0 Å². The number of aromatic nitrogens is 2. The van der Waals surface area contributed by atoms with Crippen LogP contribution in [0.1, 0.15) is 19.8 Å². The van der Waals surface area contributed by atoms with Gasteiger partial charge in [0.1, 0.15) is 6.10 Å². The van der Waals surface area contributed by atoms with Crippen LogP contribution in [0.3, 0.4) is 0 Å². The zero-order valence-electron chi connectivity index (χ0n) is 15.4. The highest BCUT2D eigenvalue weighted by molar-refractivity contribution is 5.93. The Kier molecular flexibility index (Phi) is 5.60. The average molecular weight is 361 g/mol. The summed E-state index contributed by atoms with van der Waals surface area (Å²) >= 11 is 0. The Morgan fingerprint density at radius 3 is 2.62 bits per heavy atom. The van der Waals surface area contributed by atoms with E-state index in [0.29, 0.717) is 18.0 Å². The number of nitrogens with zero attached hydrogens (tertiary/aromatic N) is 2. The van der Waals surface area contributed by atoms with Crippen LogP contribution in [0.4, 0.5) is 10.6 Å². The number of anilines is 1. The first-order valence-corrected chi connectivity index (χ1v) is 8.78. The third-order valence-electron chi connectivity index (χ3n) is 4.52. The molecule has 1 aliphatic rings. The minimum atomic E-state index is -0.348. The normalized spacial score (nSPS) is 15.0. The van der Waals surface area contributed by atoms with Crippen LogP contribution >= 0.6 is 0 Å². The minimum Gasteiger partial charge on any atom is -0.493 e. The molecule has 26 heavy (non-hydrogen) atoms. The maximum Gasteiger partial charge on any atom is 0.407 e. The third-order valence-corrected chi connectivity index (χ3v) is 4.52. The van der Waals surface area contributed by atoms with Crippen LogP contribution in [0.25, 0.3) is 10.8 Å².